The Morgan fingerprint density at radius 1 is 1.53 bits per heavy atom. The molecule has 1 aromatic rings. The lowest BCUT2D eigenvalue weighted by Crippen LogP contribution is -2.23. The fourth-order valence-electron chi connectivity index (χ4n) is 1.02. The molecule has 0 aliphatic carbocycles. The predicted molar refractivity (Wildman–Crippen MR) is 74.7 cm³/mol. The van der Waals surface area contributed by atoms with Crippen molar-refractivity contribution in [3.05, 3.63) is 15.4 Å². The van der Waals surface area contributed by atoms with Crippen molar-refractivity contribution < 1.29 is 8.42 Å². The van der Waals surface area contributed by atoms with Gasteiger partial charge >= 0.3 is 0 Å². The fourth-order valence-corrected chi connectivity index (χ4v) is 3.70. The predicted octanol–water partition coefficient (Wildman–Crippen LogP) is 2.62. The molecule has 1 heterocycles. The summed E-state index contributed by atoms with van der Waals surface area (Å²) in [4.78, 5) is 7.89. The van der Waals surface area contributed by atoms with E-state index in [0.29, 0.717) is 9.21 Å². The monoisotopic (exact) mass is 405 g/mol. The molecule has 17 heavy (non-hydrogen) atoms. The molecule has 9 heteroatoms. The Labute approximate surface area is 122 Å². The lowest BCUT2D eigenvalue weighted by molar-refractivity contribution is 0.588. The third-order valence-corrected chi connectivity index (χ3v) is 4.69. The molecule has 0 aliphatic heterocycles. The summed E-state index contributed by atoms with van der Waals surface area (Å²) in [5.41, 5.74) is 0. The first-order chi connectivity index (χ1) is 7.84. The molecule has 0 fully saturated rings. The number of halogens is 3. The summed E-state index contributed by atoms with van der Waals surface area (Å²) in [6, 6.07) is 0. The van der Waals surface area contributed by atoms with Crippen molar-refractivity contribution in [2.24, 2.45) is 5.92 Å². The van der Waals surface area contributed by atoms with Crippen LogP contribution in [0.3, 0.4) is 0 Å². The van der Waals surface area contributed by atoms with Crippen LogP contribution in [0, 0.1) is 5.92 Å². The van der Waals surface area contributed by atoms with Gasteiger partial charge in [-0.25, -0.2) is 18.4 Å². The van der Waals surface area contributed by atoms with E-state index in [1.165, 1.54) is 6.20 Å². The first kappa shape index (κ1) is 15.1. The number of aromatic nitrogens is 2. The van der Waals surface area contributed by atoms with Crippen molar-refractivity contribution in [3.63, 3.8) is 0 Å². The summed E-state index contributed by atoms with van der Waals surface area (Å²) < 4.78 is 26.7. The van der Waals surface area contributed by atoms with Gasteiger partial charge in [0.1, 0.15) is 4.60 Å². The van der Waals surface area contributed by atoms with E-state index in [9.17, 15) is 8.42 Å². The quantitative estimate of drug-likeness (QED) is 0.762. The van der Waals surface area contributed by atoms with Crippen molar-refractivity contribution in [3.8, 4) is 0 Å². The van der Waals surface area contributed by atoms with Crippen LogP contribution >= 0.6 is 43.5 Å². The number of alkyl halides is 1. The standard InChI is InChI=1S/C8H10Br2ClN3O2S/c1-5(2-11)4-17(15,16)14-8-7(10)13-6(9)3-12-8/h3,5H,2,4H2,1H3,(H,12,14). The lowest BCUT2D eigenvalue weighted by atomic mass is 10.3. The van der Waals surface area contributed by atoms with Crippen molar-refractivity contribution in [1.29, 1.82) is 0 Å². The number of hydrogen-bond donors (Lipinski definition) is 1. The van der Waals surface area contributed by atoms with Crippen LogP contribution in [-0.4, -0.2) is 30.0 Å². The number of rotatable bonds is 5. The van der Waals surface area contributed by atoms with Gasteiger partial charge in [-0.1, -0.05) is 6.92 Å². The molecule has 0 spiro atoms. The maximum atomic E-state index is 11.7. The van der Waals surface area contributed by atoms with Gasteiger partial charge in [-0.05, 0) is 37.8 Å². The van der Waals surface area contributed by atoms with E-state index in [-0.39, 0.29) is 23.4 Å². The van der Waals surface area contributed by atoms with Crippen molar-refractivity contribution in [2.45, 2.75) is 6.92 Å². The molecular weight excluding hydrogens is 397 g/mol. The SMILES string of the molecule is CC(CCl)CS(=O)(=O)Nc1ncc(Br)nc1Br. The van der Waals surface area contributed by atoms with Gasteiger partial charge in [0, 0.05) is 5.88 Å². The Morgan fingerprint density at radius 3 is 2.71 bits per heavy atom. The van der Waals surface area contributed by atoms with Gasteiger partial charge in [0.05, 0.1) is 11.9 Å². The molecule has 0 radical (unpaired) electrons. The third kappa shape index (κ3) is 5.07. The van der Waals surface area contributed by atoms with Crippen LogP contribution < -0.4 is 4.72 Å². The van der Waals surface area contributed by atoms with Gasteiger partial charge in [-0.15, -0.1) is 11.6 Å². The molecule has 0 saturated carbocycles. The minimum Gasteiger partial charge on any atom is -0.265 e. The van der Waals surface area contributed by atoms with Crippen LogP contribution in [0.1, 0.15) is 6.92 Å². The lowest BCUT2D eigenvalue weighted by Gasteiger charge is -2.11. The van der Waals surface area contributed by atoms with Crippen LogP contribution in [0.25, 0.3) is 0 Å². The second-order valence-electron chi connectivity index (χ2n) is 3.48. The zero-order chi connectivity index (χ0) is 13.1. The highest BCUT2D eigenvalue weighted by Crippen LogP contribution is 2.20. The molecule has 5 nitrogen and oxygen atoms in total. The Hall–Kier alpha value is 0.0800. The van der Waals surface area contributed by atoms with E-state index in [1.54, 1.807) is 6.92 Å². The second-order valence-corrected chi connectivity index (χ2v) is 7.11. The van der Waals surface area contributed by atoms with Crippen LogP contribution in [0.2, 0.25) is 0 Å². The van der Waals surface area contributed by atoms with E-state index in [2.05, 4.69) is 46.5 Å². The molecule has 96 valence electrons. The third-order valence-electron chi connectivity index (χ3n) is 1.72. The minimum atomic E-state index is -3.46. The number of hydrogen-bond acceptors (Lipinski definition) is 4. The molecule has 1 rings (SSSR count). The van der Waals surface area contributed by atoms with Crippen molar-refractivity contribution >= 4 is 59.3 Å². The summed E-state index contributed by atoms with van der Waals surface area (Å²) >= 11 is 11.8. The molecule has 0 amide bonds. The summed E-state index contributed by atoms with van der Waals surface area (Å²) in [7, 11) is -3.46. The molecule has 0 bridgehead atoms. The average Bonchev–Trinajstić information content (AvgIpc) is 2.21. The van der Waals surface area contributed by atoms with Crippen LogP contribution in [0.4, 0.5) is 5.82 Å². The average molecular weight is 408 g/mol. The second kappa shape index (κ2) is 6.31. The molecule has 0 aromatic carbocycles. The summed E-state index contributed by atoms with van der Waals surface area (Å²) in [6.07, 6.45) is 1.41. The highest BCUT2D eigenvalue weighted by Gasteiger charge is 2.17. The minimum absolute atomic E-state index is 0.0549. The maximum absolute atomic E-state index is 11.7. The molecule has 1 atom stereocenters. The van der Waals surface area contributed by atoms with Gasteiger partial charge in [-0.3, -0.25) is 4.72 Å². The van der Waals surface area contributed by atoms with Gasteiger partial charge in [0.15, 0.2) is 10.4 Å². The first-order valence-corrected chi connectivity index (χ1v) is 8.36. The van der Waals surface area contributed by atoms with Gasteiger partial charge in [-0.2, -0.15) is 0 Å². The van der Waals surface area contributed by atoms with Gasteiger partial charge in [0.25, 0.3) is 0 Å². The summed E-state index contributed by atoms with van der Waals surface area (Å²) in [6.45, 7) is 1.76. The number of nitrogens with zero attached hydrogens (tertiary/aromatic N) is 2. The fraction of sp³-hybridized carbons (Fsp3) is 0.500. The van der Waals surface area contributed by atoms with Gasteiger partial charge in [0.2, 0.25) is 10.0 Å². The first-order valence-electron chi connectivity index (χ1n) is 4.58. The van der Waals surface area contributed by atoms with E-state index < -0.39 is 10.0 Å². The molecule has 1 unspecified atom stereocenters. The zero-order valence-corrected chi connectivity index (χ0v) is 13.6. The van der Waals surface area contributed by atoms with Gasteiger partial charge < -0.3 is 0 Å². The Balaban J connectivity index is 2.83. The van der Waals surface area contributed by atoms with Crippen LogP contribution in [0.15, 0.2) is 15.4 Å². The number of nitrogens with one attached hydrogen (secondary N) is 1. The molecule has 1 aromatic heterocycles. The highest BCUT2D eigenvalue weighted by atomic mass is 79.9. The normalized spacial score (nSPS) is 13.4. The van der Waals surface area contributed by atoms with E-state index >= 15 is 0 Å². The summed E-state index contributed by atoms with van der Waals surface area (Å²) in [5, 5.41) is 0. The van der Waals surface area contributed by atoms with E-state index in [0.717, 1.165) is 0 Å². The maximum Gasteiger partial charge on any atom is 0.234 e. The Kier molecular flexibility index (Phi) is 5.62. The smallest absolute Gasteiger partial charge is 0.234 e. The van der Waals surface area contributed by atoms with Crippen LogP contribution in [-0.2, 0) is 10.0 Å². The number of sulfonamides is 1. The van der Waals surface area contributed by atoms with E-state index in [1.807, 2.05) is 0 Å². The largest absolute Gasteiger partial charge is 0.265 e. The van der Waals surface area contributed by atoms with Crippen molar-refractivity contribution in [1.82, 2.24) is 9.97 Å². The highest BCUT2D eigenvalue weighted by molar-refractivity contribution is 9.11. The van der Waals surface area contributed by atoms with Crippen LogP contribution in [0.5, 0.6) is 0 Å². The van der Waals surface area contributed by atoms with Crippen molar-refractivity contribution in [2.75, 3.05) is 16.4 Å². The topological polar surface area (TPSA) is 72.0 Å². The van der Waals surface area contributed by atoms with E-state index in [4.69, 9.17) is 11.6 Å². The Bertz CT molecular complexity index is 498. The molecule has 1 N–H and O–H groups in total. The molecule has 0 saturated heterocycles. The molecular formula is C8H10Br2ClN3O2S. The number of anilines is 1. The molecule has 0 aliphatic rings. The zero-order valence-electron chi connectivity index (χ0n) is 8.82. The Morgan fingerprint density at radius 2 is 2.18 bits per heavy atom. The summed E-state index contributed by atoms with van der Waals surface area (Å²) in [5.74, 6) is 0.265.